The molecule has 1 saturated heterocycles. The molecule has 1 N–H and O–H groups in total. The van der Waals surface area contributed by atoms with Gasteiger partial charge in [-0.05, 0) is 24.6 Å². The SMILES string of the molecule is CCOc1ccc(CC(=O)N2CCOCC2CO)cc1. The van der Waals surface area contributed by atoms with E-state index in [1.807, 2.05) is 31.2 Å². The zero-order valence-corrected chi connectivity index (χ0v) is 11.7. The molecule has 110 valence electrons. The van der Waals surface area contributed by atoms with E-state index < -0.39 is 0 Å². The summed E-state index contributed by atoms with van der Waals surface area (Å²) in [4.78, 5) is 14.0. The van der Waals surface area contributed by atoms with Crippen LogP contribution in [-0.2, 0) is 16.0 Å². The van der Waals surface area contributed by atoms with Crippen molar-refractivity contribution in [3.05, 3.63) is 29.8 Å². The number of aliphatic hydroxyl groups is 1. The average molecular weight is 279 g/mol. The molecule has 0 radical (unpaired) electrons. The number of morpholine rings is 1. The van der Waals surface area contributed by atoms with Gasteiger partial charge in [-0.25, -0.2) is 0 Å². The summed E-state index contributed by atoms with van der Waals surface area (Å²) in [6.07, 6.45) is 0.336. The number of carbonyl (C=O) groups excluding carboxylic acids is 1. The van der Waals surface area contributed by atoms with E-state index >= 15 is 0 Å². The van der Waals surface area contributed by atoms with Gasteiger partial charge in [0.2, 0.25) is 5.91 Å². The second-order valence-electron chi connectivity index (χ2n) is 4.75. The van der Waals surface area contributed by atoms with E-state index in [0.29, 0.717) is 32.8 Å². The summed E-state index contributed by atoms with van der Waals surface area (Å²) < 4.78 is 10.6. The van der Waals surface area contributed by atoms with Crippen LogP contribution in [0.2, 0.25) is 0 Å². The number of ether oxygens (including phenoxy) is 2. The van der Waals surface area contributed by atoms with E-state index in [2.05, 4.69) is 0 Å². The molecule has 5 nitrogen and oxygen atoms in total. The number of nitrogens with zero attached hydrogens (tertiary/aromatic N) is 1. The summed E-state index contributed by atoms with van der Waals surface area (Å²) in [5, 5.41) is 9.28. The molecule has 0 aliphatic carbocycles. The van der Waals surface area contributed by atoms with E-state index in [1.165, 1.54) is 0 Å². The van der Waals surface area contributed by atoms with Crippen LogP contribution in [0.4, 0.5) is 0 Å². The van der Waals surface area contributed by atoms with Gasteiger partial charge < -0.3 is 19.5 Å². The van der Waals surface area contributed by atoms with Gasteiger partial charge in [0, 0.05) is 6.54 Å². The van der Waals surface area contributed by atoms with Crippen LogP contribution in [0.3, 0.4) is 0 Å². The summed E-state index contributed by atoms with van der Waals surface area (Å²) in [6, 6.07) is 7.32. The molecule has 0 aromatic heterocycles. The zero-order valence-electron chi connectivity index (χ0n) is 11.7. The minimum Gasteiger partial charge on any atom is -0.494 e. The van der Waals surface area contributed by atoms with E-state index in [1.54, 1.807) is 4.90 Å². The highest BCUT2D eigenvalue weighted by Gasteiger charge is 2.26. The van der Waals surface area contributed by atoms with E-state index in [-0.39, 0.29) is 18.6 Å². The highest BCUT2D eigenvalue weighted by atomic mass is 16.5. The molecule has 0 bridgehead atoms. The maximum Gasteiger partial charge on any atom is 0.227 e. The lowest BCUT2D eigenvalue weighted by atomic mass is 10.1. The highest BCUT2D eigenvalue weighted by Crippen LogP contribution is 2.14. The molecule has 20 heavy (non-hydrogen) atoms. The van der Waals surface area contributed by atoms with Crippen molar-refractivity contribution in [3.8, 4) is 5.75 Å². The van der Waals surface area contributed by atoms with Crippen LogP contribution < -0.4 is 4.74 Å². The maximum atomic E-state index is 12.3. The molecule has 0 spiro atoms. The Morgan fingerprint density at radius 1 is 1.45 bits per heavy atom. The summed E-state index contributed by atoms with van der Waals surface area (Å²) in [5.41, 5.74) is 0.946. The van der Waals surface area contributed by atoms with E-state index in [9.17, 15) is 9.90 Å². The largest absolute Gasteiger partial charge is 0.494 e. The second-order valence-corrected chi connectivity index (χ2v) is 4.75. The summed E-state index contributed by atoms with van der Waals surface area (Å²) >= 11 is 0. The first-order valence-electron chi connectivity index (χ1n) is 6.94. The van der Waals surface area contributed by atoms with Crippen molar-refractivity contribution in [1.82, 2.24) is 4.90 Å². The molecular weight excluding hydrogens is 258 g/mol. The van der Waals surface area contributed by atoms with Gasteiger partial charge in [-0.15, -0.1) is 0 Å². The Labute approximate surface area is 119 Å². The molecule has 0 saturated carbocycles. The van der Waals surface area contributed by atoms with E-state index in [4.69, 9.17) is 9.47 Å². The lowest BCUT2D eigenvalue weighted by Gasteiger charge is -2.34. The van der Waals surface area contributed by atoms with Gasteiger partial charge in [-0.2, -0.15) is 0 Å². The zero-order chi connectivity index (χ0) is 14.4. The van der Waals surface area contributed by atoms with Gasteiger partial charge >= 0.3 is 0 Å². The molecule has 5 heteroatoms. The number of carbonyl (C=O) groups is 1. The second kappa shape index (κ2) is 7.26. The third-order valence-corrected chi connectivity index (χ3v) is 3.35. The van der Waals surface area contributed by atoms with Crippen LogP contribution in [0.25, 0.3) is 0 Å². The molecular formula is C15H21NO4. The fourth-order valence-corrected chi connectivity index (χ4v) is 2.28. The lowest BCUT2D eigenvalue weighted by molar-refractivity contribution is -0.140. The molecule has 1 unspecified atom stereocenters. The van der Waals surface area contributed by atoms with Crippen molar-refractivity contribution in [3.63, 3.8) is 0 Å². The number of hydrogen-bond donors (Lipinski definition) is 1. The maximum absolute atomic E-state index is 12.3. The first kappa shape index (κ1) is 14.8. The predicted molar refractivity (Wildman–Crippen MR) is 74.7 cm³/mol. The predicted octanol–water partition coefficient (Wildman–Crippen LogP) is 0.847. The first-order chi connectivity index (χ1) is 9.74. The van der Waals surface area contributed by atoms with Gasteiger partial charge in [-0.3, -0.25) is 4.79 Å². The van der Waals surface area contributed by atoms with Crippen LogP contribution in [0.1, 0.15) is 12.5 Å². The molecule has 1 aliphatic rings. The number of rotatable bonds is 5. The average Bonchev–Trinajstić information content (AvgIpc) is 2.49. The number of aliphatic hydroxyl groups excluding tert-OH is 1. The van der Waals surface area contributed by atoms with Crippen molar-refractivity contribution >= 4 is 5.91 Å². The van der Waals surface area contributed by atoms with Gasteiger partial charge in [0.05, 0.1) is 38.9 Å². The topological polar surface area (TPSA) is 59.0 Å². The van der Waals surface area contributed by atoms with Gasteiger partial charge in [0.1, 0.15) is 5.75 Å². The van der Waals surface area contributed by atoms with Gasteiger partial charge in [0.15, 0.2) is 0 Å². The summed E-state index contributed by atoms with van der Waals surface area (Å²) in [7, 11) is 0. The van der Waals surface area contributed by atoms with Crippen LogP contribution in [-0.4, -0.2) is 54.9 Å². The third kappa shape index (κ3) is 3.71. The van der Waals surface area contributed by atoms with Crippen molar-refractivity contribution < 1.29 is 19.4 Å². The number of amides is 1. The lowest BCUT2D eigenvalue weighted by Crippen LogP contribution is -2.51. The standard InChI is InChI=1S/C15H21NO4/c1-2-20-14-5-3-12(4-6-14)9-15(18)16-7-8-19-11-13(16)10-17/h3-6,13,17H,2,7-11H2,1H3. The summed E-state index contributed by atoms with van der Waals surface area (Å²) in [5.74, 6) is 0.833. The minimum atomic E-state index is -0.223. The molecule has 2 rings (SSSR count). The molecule has 1 aromatic rings. The van der Waals surface area contributed by atoms with Crippen molar-refractivity contribution in [2.45, 2.75) is 19.4 Å². The Morgan fingerprint density at radius 2 is 2.20 bits per heavy atom. The summed E-state index contributed by atoms with van der Waals surface area (Å²) in [6.45, 7) is 3.99. The van der Waals surface area contributed by atoms with E-state index in [0.717, 1.165) is 11.3 Å². The van der Waals surface area contributed by atoms with Gasteiger partial charge in [-0.1, -0.05) is 12.1 Å². The molecule has 1 amide bonds. The minimum absolute atomic E-state index is 0.0245. The van der Waals surface area contributed by atoms with Crippen LogP contribution in [0.15, 0.2) is 24.3 Å². The van der Waals surface area contributed by atoms with Crippen molar-refractivity contribution in [2.75, 3.05) is 33.0 Å². The Morgan fingerprint density at radius 3 is 2.85 bits per heavy atom. The van der Waals surface area contributed by atoms with Gasteiger partial charge in [0.25, 0.3) is 0 Å². The Bertz CT molecular complexity index is 432. The Kier molecular flexibility index (Phi) is 5.38. The molecule has 1 atom stereocenters. The van der Waals surface area contributed by atoms with Crippen molar-refractivity contribution in [2.24, 2.45) is 0 Å². The quantitative estimate of drug-likeness (QED) is 0.868. The molecule has 1 heterocycles. The fourth-order valence-electron chi connectivity index (χ4n) is 2.28. The normalized spacial score (nSPS) is 18.9. The number of hydrogen-bond acceptors (Lipinski definition) is 4. The van der Waals surface area contributed by atoms with Crippen LogP contribution in [0.5, 0.6) is 5.75 Å². The highest BCUT2D eigenvalue weighted by molar-refractivity contribution is 5.79. The van der Waals surface area contributed by atoms with Crippen LogP contribution in [0, 0.1) is 0 Å². The Hall–Kier alpha value is -1.59. The van der Waals surface area contributed by atoms with Crippen LogP contribution >= 0.6 is 0 Å². The number of benzene rings is 1. The first-order valence-corrected chi connectivity index (χ1v) is 6.94. The molecule has 1 aliphatic heterocycles. The molecule has 1 fully saturated rings. The smallest absolute Gasteiger partial charge is 0.227 e. The monoisotopic (exact) mass is 279 g/mol. The third-order valence-electron chi connectivity index (χ3n) is 3.35. The molecule has 1 aromatic carbocycles. The fraction of sp³-hybridized carbons (Fsp3) is 0.533. The van der Waals surface area contributed by atoms with Crippen molar-refractivity contribution in [1.29, 1.82) is 0 Å². The Balaban J connectivity index is 1.96.